The van der Waals surface area contributed by atoms with E-state index in [1.165, 1.54) is 0 Å². The molecule has 12 heteroatoms. The number of hydrogen-bond acceptors (Lipinski definition) is 5. The van der Waals surface area contributed by atoms with E-state index in [9.17, 15) is 14.2 Å². The number of aliphatic hydroxyl groups is 2. The summed E-state index contributed by atoms with van der Waals surface area (Å²) in [7, 11) is -9.00. The van der Waals surface area contributed by atoms with Crippen molar-refractivity contribution < 1.29 is 68.5 Å². The molecule has 0 spiro atoms. The molecule has 0 bridgehead atoms. The first-order chi connectivity index (χ1) is 9.87. The van der Waals surface area contributed by atoms with Gasteiger partial charge in [0.05, 0.1) is 0 Å². The normalized spacial score (nSPS) is 12.4. The smallest absolute Gasteiger partial charge is 0.397 e. The molecule has 0 rings (SSSR count). The average molecular weight is 388 g/mol. The second kappa shape index (κ2) is 13.4. The van der Waals surface area contributed by atoms with Gasteiger partial charge in [-0.2, -0.15) is 0 Å². The first-order valence-corrected chi connectivity index (χ1v) is 10.2. The van der Waals surface area contributed by atoms with Crippen molar-refractivity contribution in [1.82, 2.24) is 4.90 Å². The van der Waals surface area contributed by atoms with Crippen LogP contribution in [0.5, 0.6) is 0 Å². The van der Waals surface area contributed by atoms with E-state index in [4.69, 9.17) is 24.7 Å². The van der Waals surface area contributed by atoms with Gasteiger partial charge in [-0.1, -0.05) is 19.8 Å². The fourth-order valence-electron chi connectivity index (χ4n) is 1.55. The molecule has 0 amide bonds. The molecule has 6 N–H and O–H groups in total. The van der Waals surface area contributed by atoms with Crippen molar-refractivity contribution >= 4 is 15.2 Å². The van der Waals surface area contributed by atoms with Crippen molar-refractivity contribution in [1.29, 1.82) is 0 Å². The van der Waals surface area contributed by atoms with E-state index >= 15 is 0 Å². The molecule has 0 unspecified atom stereocenters. The van der Waals surface area contributed by atoms with E-state index in [1.807, 2.05) is 6.92 Å². The molecular weight excluding hydrogens is 359 g/mol. The Morgan fingerprint density at radius 3 is 1.65 bits per heavy atom. The van der Waals surface area contributed by atoms with Gasteiger partial charge >= 0.3 is 44.7 Å². The van der Waals surface area contributed by atoms with Crippen LogP contribution in [0.15, 0.2) is 0 Å². The molecule has 0 aromatic carbocycles. The summed E-state index contributed by atoms with van der Waals surface area (Å²) in [6.45, 7) is 4.57. The monoisotopic (exact) mass is 388 g/mol. The third-order valence-electron chi connectivity index (χ3n) is 2.91. The summed E-state index contributed by atoms with van der Waals surface area (Å²) in [6.07, 6.45) is 2.19. The van der Waals surface area contributed by atoms with Gasteiger partial charge in [0.25, 0.3) is 5.08 Å². The Balaban J connectivity index is -0.000000920. The van der Waals surface area contributed by atoms with Gasteiger partial charge in [-0.15, -0.1) is 0 Å². The van der Waals surface area contributed by atoms with Crippen LogP contribution < -0.4 is 29.6 Å². The molecule has 0 saturated carbocycles. The standard InChI is InChI=1S/C9H23NO7P2.C2H6O.Na/c1-3-4-5-7-10(2)8-6-9(11,18(12,13)14)19(15,16)17;1-2-3;/h11H,3-8H2,1-2H3,(H2,12,13,14)(H2,15,16,17);3H,2H2,1H3;/q;;+1. The summed E-state index contributed by atoms with van der Waals surface area (Å²) in [6, 6.07) is 0. The minimum atomic E-state index is -5.33. The average Bonchev–Trinajstić information content (AvgIpc) is 2.34. The van der Waals surface area contributed by atoms with Gasteiger partial charge in [-0.25, -0.2) is 0 Å². The Morgan fingerprint density at radius 1 is 0.957 bits per heavy atom. The molecule has 0 aromatic rings. The van der Waals surface area contributed by atoms with Crippen LogP contribution >= 0.6 is 15.2 Å². The van der Waals surface area contributed by atoms with Crippen molar-refractivity contribution in [3.63, 3.8) is 0 Å². The molecule has 9 nitrogen and oxygen atoms in total. The van der Waals surface area contributed by atoms with Crippen LogP contribution in [0.2, 0.25) is 0 Å². The molecule has 0 saturated heterocycles. The van der Waals surface area contributed by atoms with E-state index < -0.39 is 26.7 Å². The number of unbranched alkanes of at least 4 members (excludes halogenated alkanes) is 2. The molecule has 0 atom stereocenters. The van der Waals surface area contributed by atoms with Gasteiger partial charge < -0.3 is 34.7 Å². The first kappa shape index (κ1) is 29.0. The summed E-state index contributed by atoms with van der Waals surface area (Å²) < 4.78 is 22.2. The van der Waals surface area contributed by atoms with Gasteiger partial charge in [0.1, 0.15) is 0 Å². The SMILES string of the molecule is CCCCCN(C)CCC(O)(P(=O)(O)O)P(=O)(O)O.CCO.[Na+]. The van der Waals surface area contributed by atoms with Crippen LogP contribution in [-0.2, 0) is 9.13 Å². The molecule has 0 fully saturated rings. The minimum Gasteiger partial charge on any atom is -0.397 e. The van der Waals surface area contributed by atoms with Gasteiger partial charge in [0, 0.05) is 19.6 Å². The molecule has 0 heterocycles. The predicted molar refractivity (Wildman–Crippen MR) is 83.4 cm³/mol. The van der Waals surface area contributed by atoms with Crippen LogP contribution in [0.1, 0.15) is 39.5 Å². The Bertz CT molecular complexity index is 364. The van der Waals surface area contributed by atoms with Gasteiger partial charge in [0.2, 0.25) is 0 Å². The van der Waals surface area contributed by atoms with Crippen LogP contribution in [0.25, 0.3) is 0 Å². The Labute approximate surface area is 159 Å². The molecule has 0 aliphatic heterocycles. The fourth-order valence-corrected chi connectivity index (χ4v) is 3.69. The fraction of sp³-hybridized carbons (Fsp3) is 1.00. The Kier molecular flexibility index (Phi) is 16.9. The Hall–Kier alpha value is 1.18. The minimum absolute atomic E-state index is 0. The summed E-state index contributed by atoms with van der Waals surface area (Å²) in [4.78, 5) is 37.5. The van der Waals surface area contributed by atoms with Crippen molar-refractivity contribution in [2.24, 2.45) is 0 Å². The maximum atomic E-state index is 11.1. The maximum absolute atomic E-state index is 11.1. The molecule has 23 heavy (non-hydrogen) atoms. The summed E-state index contributed by atoms with van der Waals surface area (Å²) in [5, 5.41) is 13.9. The van der Waals surface area contributed by atoms with Crippen molar-refractivity contribution in [3.05, 3.63) is 0 Å². The van der Waals surface area contributed by atoms with E-state index in [0.29, 0.717) is 6.54 Å². The quantitative estimate of drug-likeness (QED) is 0.143. The predicted octanol–water partition coefficient (Wildman–Crippen LogP) is -2.50. The second-order valence-corrected chi connectivity index (χ2v) is 8.95. The van der Waals surface area contributed by atoms with Crippen LogP contribution in [-0.4, -0.2) is 66.5 Å². The van der Waals surface area contributed by atoms with E-state index in [-0.39, 0.29) is 42.7 Å². The summed E-state index contributed by atoms with van der Waals surface area (Å²) >= 11 is 0. The van der Waals surface area contributed by atoms with Crippen LogP contribution in [0, 0.1) is 0 Å². The number of nitrogens with zero attached hydrogens (tertiary/aromatic N) is 1. The third-order valence-corrected chi connectivity index (χ3v) is 6.78. The van der Waals surface area contributed by atoms with Gasteiger partial charge in [0.15, 0.2) is 0 Å². The second-order valence-electron chi connectivity index (χ2n) is 4.94. The van der Waals surface area contributed by atoms with E-state index in [1.54, 1.807) is 18.9 Å². The van der Waals surface area contributed by atoms with Crippen LogP contribution in [0.3, 0.4) is 0 Å². The van der Waals surface area contributed by atoms with E-state index in [2.05, 4.69) is 0 Å². The van der Waals surface area contributed by atoms with E-state index in [0.717, 1.165) is 19.3 Å². The zero-order valence-electron chi connectivity index (χ0n) is 14.3. The molecular formula is C11H29NNaO8P2+. The molecule has 0 aromatic heterocycles. The van der Waals surface area contributed by atoms with Gasteiger partial charge in [-0.3, -0.25) is 9.13 Å². The molecule has 0 radical (unpaired) electrons. The van der Waals surface area contributed by atoms with Crippen molar-refractivity contribution in [3.8, 4) is 0 Å². The number of rotatable bonds is 9. The van der Waals surface area contributed by atoms with Crippen LogP contribution in [0.4, 0.5) is 0 Å². The molecule has 0 aliphatic carbocycles. The van der Waals surface area contributed by atoms with Crippen molar-refractivity contribution in [2.45, 2.75) is 44.6 Å². The maximum Gasteiger partial charge on any atom is 1.00 e. The zero-order chi connectivity index (χ0) is 18.0. The summed E-state index contributed by atoms with van der Waals surface area (Å²) in [5.74, 6) is 0. The topological polar surface area (TPSA) is 159 Å². The van der Waals surface area contributed by atoms with Crippen molar-refractivity contribution in [2.75, 3.05) is 26.7 Å². The van der Waals surface area contributed by atoms with Gasteiger partial charge in [-0.05, 0) is 26.9 Å². The first-order valence-electron chi connectivity index (χ1n) is 7.00. The molecule has 0 aliphatic rings. The third kappa shape index (κ3) is 11.4. The largest absolute Gasteiger partial charge is 1.00 e. The summed E-state index contributed by atoms with van der Waals surface area (Å²) in [5.41, 5.74) is 0. The number of hydrogen-bond donors (Lipinski definition) is 6. The zero-order valence-corrected chi connectivity index (χ0v) is 18.1. The Morgan fingerprint density at radius 2 is 1.35 bits per heavy atom. The number of aliphatic hydroxyl groups excluding tert-OH is 1. The molecule has 136 valence electrons.